The topological polar surface area (TPSA) is 56.9 Å². The fourth-order valence-electron chi connectivity index (χ4n) is 1.20. The predicted molar refractivity (Wildman–Crippen MR) is 44.6 cm³/mol. The van der Waals surface area contributed by atoms with E-state index in [1.165, 1.54) is 13.0 Å². The van der Waals surface area contributed by atoms with Crippen LogP contribution < -0.4 is 0 Å². The molecule has 0 amide bonds. The minimum Gasteiger partial charge on any atom is -0.390 e. The second-order valence-corrected chi connectivity index (χ2v) is 2.73. The first kappa shape index (κ1) is 10.5. The average Bonchev–Trinajstić information content (AvgIpc) is 2.15. The average molecular weight is 198 g/mol. The Morgan fingerprint density at radius 1 is 1.64 bits per heavy atom. The Morgan fingerprint density at radius 2 is 2.29 bits per heavy atom. The van der Waals surface area contributed by atoms with Gasteiger partial charge in [-0.2, -0.15) is 5.26 Å². The lowest BCUT2D eigenvalue weighted by molar-refractivity contribution is 0.149. The Hall–Kier alpha value is -1.54. The molecule has 1 N–H and O–H groups in total. The lowest BCUT2D eigenvalue weighted by atomic mass is 10.1. The maximum atomic E-state index is 12.5. The zero-order valence-corrected chi connectivity index (χ0v) is 7.46. The minimum atomic E-state index is -2.72. The van der Waals surface area contributed by atoms with Crippen molar-refractivity contribution in [3.8, 4) is 6.07 Å². The Kier molecular flexibility index (Phi) is 3.10. The van der Waals surface area contributed by atoms with E-state index in [1.807, 2.05) is 0 Å². The van der Waals surface area contributed by atoms with Gasteiger partial charge < -0.3 is 5.11 Å². The van der Waals surface area contributed by atoms with Crippen LogP contribution in [0.2, 0.25) is 0 Å². The van der Waals surface area contributed by atoms with E-state index in [2.05, 4.69) is 4.98 Å². The molecule has 74 valence electrons. The molecule has 1 aromatic heterocycles. The number of aliphatic hydroxyl groups is 1. The molecule has 0 unspecified atom stereocenters. The summed E-state index contributed by atoms with van der Waals surface area (Å²) in [6.07, 6.45) is -2.72. The number of aryl methyl sites for hydroxylation is 1. The summed E-state index contributed by atoms with van der Waals surface area (Å²) < 4.78 is 24.9. The smallest absolute Gasteiger partial charge is 0.266 e. The number of nitriles is 1. The van der Waals surface area contributed by atoms with Gasteiger partial charge in [0.25, 0.3) is 6.43 Å². The number of nitrogens with zero attached hydrogens (tertiary/aromatic N) is 2. The van der Waals surface area contributed by atoms with Crippen LogP contribution in [0.1, 0.15) is 28.9 Å². The first-order valence-corrected chi connectivity index (χ1v) is 3.89. The molecule has 0 saturated carbocycles. The first-order chi connectivity index (χ1) is 6.60. The first-order valence-electron chi connectivity index (χ1n) is 3.89. The summed E-state index contributed by atoms with van der Waals surface area (Å²) in [4.78, 5) is 3.74. The van der Waals surface area contributed by atoms with Crippen molar-refractivity contribution >= 4 is 0 Å². The highest BCUT2D eigenvalue weighted by Gasteiger charge is 2.17. The fourth-order valence-corrected chi connectivity index (χ4v) is 1.20. The van der Waals surface area contributed by atoms with Crippen LogP contribution in [0, 0.1) is 18.3 Å². The molecule has 0 aliphatic carbocycles. The number of alkyl halides is 2. The van der Waals surface area contributed by atoms with E-state index in [0.29, 0.717) is 0 Å². The zero-order valence-electron chi connectivity index (χ0n) is 7.46. The third-order valence-corrected chi connectivity index (χ3v) is 1.80. The number of halogens is 2. The van der Waals surface area contributed by atoms with Gasteiger partial charge in [0.15, 0.2) is 0 Å². The molecule has 0 bridgehead atoms. The van der Waals surface area contributed by atoms with Crippen LogP contribution in [0.15, 0.2) is 6.07 Å². The summed E-state index contributed by atoms with van der Waals surface area (Å²) in [7, 11) is 0. The molecule has 3 nitrogen and oxygen atoms in total. The van der Waals surface area contributed by atoms with Gasteiger partial charge in [-0.1, -0.05) is 0 Å². The van der Waals surface area contributed by atoms with E-state index in [0.717, 1.165) is 0 Å². The molecule has 14 heavy (non-hydrogen) atoms. The van der Waals surface area contributed by atoms with Crippen molar-refractivity contribution in [2.75, 3.05) is 0 Å². The molecular weight excluding hydrogens is 190 g/mol. The van der Waals surface area contributed by atoms with E-state index in [9.17, 15) is 8.78 Å². The van der Waals surface area contributed by atoms with Crippen molar-refractivity contribution in [3.05, 3.63) is 28.6 Å². The molecule has 1 rings (SSSR count). The fraction of sp³-hybridized carbons (Fsp3) is 0.333. The van der Waals surface area contributed by atoms with Crippen molar-refractivity contribution in [3.63, 3.8) is 0 Å². The van der Waals surface area contributed by atoms with E-state index in [1.54, 1.807) is 6.07 Å². The van der Waals surface area contributed by atoms with Crippen molar-refractivity contribution in [2.45, 2.75) is 20.0 Å². The highest BCUT2D eigenvalue weighted by molar-refractivity contribution is 5.41. The summed E-state index contributed by atoms with van der Waals surface area (Å²) in [6.45, 7) is 1.03. The van der Waals surface area contributed by atoms with E-state index in [4.69, 9.17) is 10.4 Å². The summed E-state index contributed by atoms with van der Waals surface area (Å²) >= 11 is 0. The zero-order chi connectivity index (χ0) is 10.7. The Labute approximate surface area is 79.6 Å². The summed E-state index contributed by atoms with van der Waals surface area (Å²) in [5, 5.41) is 17.4. The number of aromatic nitrogens is 1. The van der Waals surface area contributed by atoms with E-state index < -0.39 is 6.43 Å². The quantitative estimate of drug-likeness (QED) is 0.786. The highest BCUT2D eigenvalue weighted by atomic mass is 19.3. The Balaban J connectivity index is 3.37. The number of hydrogen-bond donors (Lipinski definition) is 1. The lowest BCUT2D eigenvalue weighted by Gasteiger charge is -2.07. The predicted octanol–water partition coefficient (Wildman–Crippen LogP) is 1.69. The van der Waals surface area contributed by atoms with E-state index in [-0.39, 0.29) is 29.1 Å². The van der Waals surface area contributed by atoms with Gasteiger partial charge >= 0.3 is 0 Å². The number of pyridine rings is 1. The normalized spacial score (nSPS) is 10.3. The number of rotatable bonds is 2. The lowest BCUT2D eigenvalue weighted by Crippen LogP contribution is -2.02. The van der Waals surface area contributed by atoms with Crippen LogP contribution >= 0.6 is 0 Å². The maximum Gasteiger partial charge on any atom is 0.266 e. The van der Waals surface area contributed by atoms with Crippen LogP contribution in [0.25, 0.3) is 0 Å². The van der Waals surface area contributed by atoms with Gasteiger partial charge in [0, 0.05) is 5.69 Å². The van der Waals surface area contributed by atoms with Crippen molar-refractivity contribution < 1.29 is 13.9 Å². The van der Waals surface area contributed by atoms with Crippen LogP contribution in [0.5, 0.6) is 0 Å². The molecular formula is C9H8F2N2O. The van der Waals surface area contributed by atoms with Crippen LogP contribution in [-0.2, 0) is 6.61 Å². The van der Waals surface area contributed by atoms with Gasteiger partial charge in [-0.15, -0.1) is 0 Å². The molecule has 0 aromatic carbocycles. The maximum absolute atomic E-state index is 12.5. The minimum absolute atomic E-state index is 0.0862. The van der Waals surface area contributed by atoms with Crippen LogP contribution in [0.4, 0.5) is 8.78 Å². The van der Waals surface area contributed by atoms with Gasteiger partial charge in [0.05, 0.1) is 29.5 Å². The van der Waals surface area contributed by atoms with E-state index >= 15 is 0 Å². The SMILES string of the molecule is Cc1nc(CO)cc(C#N)c1C(F)F. The highest BCUT2D eigenvalue weighted by Crippen LogP contribution is 2.25. The number of hydrogen-bond acceptors (Lipinski definition) is 3. The summed E-state index contributed by atoms with van der Waals surface area (Å²) in [6, 6.07) is 2.84. The Morgan fingerprint density at radius 3 is 2.71 bits per heavy atom. The van der Waals surface area contributed by atoms with Crippen molar-refractivity contribution in [2.24, 2.45) is 0 Å². The van der Waals surface area contributed by atoms with Gasteiger partial charge in [-0.25, -0.2) is 8.78 Å². The standard InChI is InChI=1S/C9H8F2N2O/c1-5-8(9(10)11)6(3-12)2-7(4-14)13-5/h2,9,14H,4H2,1H3. The van der Waals surface area contributed by atoms with Gasteiger partial charge in [-0.3, -0.25) is 4.98 Å². The molecule has 1 heterocycles. The number of aliphatic hydroxyl groups excluding tert-OH is 1. The monoisotopic (exact) mass is 198 g/mol. The van der Waals surface area contributed by atoms with Crippen LogP contribution in [-0.4, -0.2) is 10.1 Å². The van der Waals surface area contributed by atoms with Gasteiger partial charge in [0.1, 0.15) is 0 Å². The van der Waals surface area contributed by atoms with Gasteiger partial charge in [0.2, 0.25) is 0 Å². The van der Waals surface area contributed by atoms with Crippen molar-refractivity contribution in [1.29, 1.82) is 5.26 Å². The summed E-state index contributed by atoms with van der Waals surface area (Å²) in [5.74, 6) is 0. The molecule has 0 aliphatic heterocycles. The Bertz CT molecular complexity index is 385. The molecule has 0 spiro atoms. The molecule has 0 atom stereocenters. The van der Waals surface area contributed by atoms with Gasteiger partial charge in [-0.05, 0) is 13.0 Å². The molecule has 5 heteroatoms. The third kappa shape index (κ3) is 1.86. The molecule has 0 aliphatic rings. The molecule has 0 radical (unpaired) electrons. The van der Waals surface area contributed by atoms with Crippen LogP contribution in [0.3, 0.4) is 0 Å². The second-order valence-electron chi connectivity index (χ2n) is 2.73. The molecule has 1 aromatic rings. The second kappa shape index (κ2) is 4.11. The van der Waals surface area contributed by atoms with Crippen molar-refractivity contribution in [1.82, 2.24) is 4.98 Å². The third-order valence-electron chi connectivity index (χ3n) is 1.80. The molecule has 0 fully saturated rings. The molecule has 0 saturated heterocycles. The summed E-state index contributed by atoms with van der Waals surface area (Å²) in [5.41, 5.74) is -0.173. The largest absolute Gasteiger partial charge is 0.390 e.